The zero-order valence-corrected chi connectivity index (χ0v) is 15.5. The van der Waals surface area contributed by atoms with E-state index in [1.807, 2.05) is 31.2 Å². The Morgan fingerprint density at radius 2 is 1.75 bits per heavy atom. The van der Waals surface area contributed by atoms with E-state index in [2.05, 4.69) is 6.92 Å². The van der Waals surface area contributed by atoms with Crippen molar-refractivity contribution in [3.05, 3.63) is 34.7 Å². The number of unbranched alkanes of at least 4 members (excludes halogenated alkanes) is 1. The van der Waals surface area contributed by atoms with Crippen LogP contribution >= 0.6 is 24.0 Å². The monoisotopic (exact) mass is 360 g/mol. The summed E-state index contributed by atoms with van der Waals surface area (Å²) >= 11 is 6.59. The van der Waals surface area contributed by atoms with Gasteiger partial charge in [-0.05, 0) is 18.9 Å². The fourth-order valence-electron chi connectivity index (χ4n) is 3.00. The van der Waals surface area contributed by atoms with Gasteiger partial charge in [0.2, 0.25) is 0 Å². The van der Waals surface area contributed by atoms with Gasteiger partial charge in [-0.25, -0.2) is 0 Å². The van der Waals surface area contributed by atoms with E-state index >= 15 is 0 Å². The largest absolute Gasteiger partial charge is 0.308 e. The van der Waals surface area contributed by atoms with Crippen molar-refractivity contribution in [3.63, 3.8) is 0 Å². The third-order valence-electron chi connectivity index (χ3n) is 4.18. The van der Waals surface area contributed by atoms with E-state index in [0.29, 0.717) is 27.9 Å². The first-order chi connectivity index (χ1) is 11.6. The number of amides is 2. The van der Waals surface area contributed by atoms with Gasteiger partial charge in [0, 0.05) is 18.7 Å². The Hall–Kier alpha value is -1.66. The zero-order chi connectivity index (χ0) is 17.3. The molecule has 1 saturated heterocycles. The van der Waals surface area contributed by atoms with Crippen molar-refractivity contribution >= 4 is 51.4 Å². The van der Waals surface area contributed by atoms with Crippen LogP contribution in [0.4, 0.5) is 5.69 Å². The summed E-state index contributed by atoms with van der Waals surface area (Å²) in [6, 6.07) is 7.70. The molecule has 0 aromatic heterocycles. The standard InChI is InChI=1S/C18H20N2O2S2/c1-3-5-11-19-13-9-7-6-8-12(13)14(16(19)21)15-17(22)20(10-4-2)18(23)24-15/h6-9H,3-5,10-11H2,1-2H3/b15-14+. The summed E-state index contributed by atoms with van der Waals surface area (Å²) in [4.78, 5) is 29.6. The molecule has 2 aliphatic heterocycles. The Morgan fingerprint density at radius 1 is 1.00 bits per heavy atom. The fourth-order valence-corrected chi connectivity index (χ4v) is 4.38. The number of hydrogen-bond acceptors (Lipinski definition) is 4. The molecule has 24 heavy (non-hydrogen) atoms. The molecular weight excluding hydrogens is 340 g/mol. The van der Waals surface area contributed by atoms with Crippen LogP contribution in [0.15, 0.2) is 29.2 Å². The van der Waals surface area contributed by atoms with Crippen molar-refractivity contribution in [2.24, 2.45) is 0 Å². The quantitative estimate of drug-likeness (QED) is 0.591. The Balaban J connectivity index is 2.06. The van der Waals surface area contributed by atoms with Crippen LogP contribution in [-0.2, 0) is 9.59 Å². The highest BCUT2D eigenvalue weighted by Gasteiger charge is 2.41. The van der Waals surface area contributed by atoms with Crippen molar-refractivity contribution in [1.29, 1.82) is 0 Å². The van der Waals surface area contributed by atoms with Crippen LogP contribution in [0.25, 0.3) is 5.57 Å². The van der Waals surface area contributed by atoms with E-state index < -0.39 is 0 Å². The number of carbonyl (C=O) groups is 2. The number of para-hydroxylation sites is 1. The predicted octanol–water partition coefficient (Wildman–Crippen LogP) is 3.81. The van der Waals surface area contributed by atoms with Crippen molar-refractivity contribution in [3.8, 4) is 0 Å². The summed E-state index contributed by atoms with van der Waals surface area (Å²) in [6.45, 7) is 5.37. The van der Waals surface area contributed by atoms with E-state index in [9.17, 15) is 9.59 Å². The van der Waals surface area contributed by atoms with E-state index in [1.54, 1.807) is 9.80 Å². The lowest BCUT2D eigenvalue weighted by atomic mass is 10.1. The summed E-state index contributed by atoms with van der Waals surface area (Å²) < 4.78 is 0.543. The summed E-state index contributed by atoms with van der Waals surface area (Å²) in [6.07, 6.45) is 2.78. The molecular formula is C18H20N2O2S2. The second-order valence-electron chi connectivity index (χ2n) is 5.86. The average molecular weight is 361 g/mol. The minimum Gasteiger partial charge on any atom is -0.308 e. The smallest absolute Gasteiger partial charge is 0.267 e. The first kappa shape index (κ1) is 17.2. The van der Waals surface area contributed by atoms with Crippen LogP contribution in [0.2, 0.25) is 0 Å². The van der Waals surface area contributed by atoms with E-state index in [4.69, 9.17) is 12.2 Å². The van der Waals surface area contributed by atoms with Crippen LogP contribution in [-0.4, -0.2) is 34.1 Å². The van der Waals surface area contributed by atoms with Gasteiger partial charge in [-0.2, -0.15) is 0 Å². The topological polar surface area (TPSA) is 40.6 Å². The normalized spacial score (nSPS) is 20.3. The van der Waals surface area contributed by atoms with Gasteiger partial charge in [0.05, 0.1) is 16.2 Å². The number of thioether (sulfide) groups is 1. The minimum atomic E-state index is -0.137. The van der Waals surface area contributed by atoms with Crippen LogP contribution in [0, 0.1) is 0 Å². The Morgan fingerprint density at radius 3 is 2.46 bits per heavy atom. The van der Waals surface area contributed by atoms with Gasteiger partial charge in [0.15, 0.2) is 0 Å². The van der Waals surface area contributed by atoms with Gasteiger partial charge in [0.1, 0.15) is 4.32 Å². The third-order valence-corrected chi connectivity index (χ3v) is 5.63. The lowest BCUT2D eigenvalue weighted by Crippen LogP contribution is -2.30. The molecule has 2 aliphatic rings. The van der Waals surface area contributed by atoms with E-state index in [0.717, 1.165) is 30.5 Å². The first-order valence-corrected chi connectivity index (χ1v) is 9.51. The van der Waals surface area contributed by atoms with Crippen LogP contribution in [0.3, 0.4) is 0 Å². The highest BCUT2D eigenvalue weighted by atomic mass is 32.2. The summed E-state index contributed by atoms with van der Waals surface area (Å²) in [5.41, 5.74) is 2.25. The van der Waals surface area contributed by atoms with Crippen LogP contribution < -0.4 is 4.90 Å². The van der Waals surface area contributed by atoms with Gasteiger partial charge >= 0.3 is 0 Å². The van der Waals surface area contributed by atoms with Crippen LogP contribution in [0.5, 0.6) is 0 Å². The van der Waals surface area contributed by atoms with Crippen molar-refractivity contribution in [2.45, 2.75) is 33.1 Å². The number of nitrogens with zero attached hydrogens (tertiary/aromatic N) is 2. The second kappa shape index (κ2) is 7.07. The minimum absolute atomic E-state index is 0.0818. The molecule has 0 radical (unpaired) electrons. The number of rotatable bonds is 5. The number of fused-ring (bicyclic) bond motifs is 1. The van der Waals surface area contributed by atoms with Gasteiger partial charge < -0.3 is 4.90 Å². The lowest BCUT2D eigenvalue weighted by Gasteiger charge is -2.16. The Labute approximate surface area is 151 Å². The number of thiocarbonyl (C=S) groups is 1. The maximum Gasteiger partial charge on any atom is 0.267 e. The molecule has 4 nitrogen and oxygen atoms in total. The number of carbonyl (C=O) groups excluding carboxylic acids is 2. The number of benzene rings is 1. The average Bonchev–Trinajstić information content (AvgIpc) is 3.01. The molecule has 6 heteroatoms. The molecule has 0 aliphatic carbocycles. The summed E-state index contributed by atoms with van der Waals surface area (Å²) in [5.74, 6) is -0.219. The van der Waals surface area contributed by atoms with Crippen molar-refractivity contribution in [1.82, 2.24) is 4.90 Å². The molecule has 0 atom stereocenters. The second-order valence-corrected chi connectivity index (χ2v) is 7.50. The number of hydrogen-bond donors (Lipinski definition) is 0. The number of anilines is 1. The molecule has 126 valence electrons. The molecule has 0 unspecified atom stereocenters. The maximum atomic E-state index is 13.0. The van der Waals surface area contributed by atoms with E-state index in [-0.39, 0.29) is 11.8 Å². The van der Waals surface area contributed by atoms with Gasteiger partial charge in [0.25, 0.3) is 11.8 Å². The highest BCUT2D eigenvalue weighted by Crippen LogP contribution is 2.44. The SMILES string of the molecule is CCCCN1C(=O)/C(=C2/SC(=S)N(CCC)C2=O)c2ccccc21. The van der Waals surface area contributed by atoms with Gasteiger partial charge in [-0.15, -0.1) is 0 Å². The molecule has 3 rings (SSSR count). The molecule has 1 aromatic carbocycles. The molecule has 2 amide bonds. The Bertz CT molecular complexity index is 742. The predicted molar refractivity (Wildman–Crippen MR) is 103 cm³/mol. The molecule has 0 N–H and O–H groups in total. The molecule has 0 saturated carbocycles. The summed E-state index contributed by atoms with van der Waals surface area (Å²) in [7, 11) is 0. The maximum absolute atomic E-state index is 13.0. The van der Waals surface area contributed by atoms with Gasteiger partial charge in [-0.3, -0.25) is 14.5 Å². The van der Waals surface area contributed by atoms with Crippen LogP contribution in [0.1, 0.15) is 38.7 Å². The fraction of sp³-hybridized carbons (Fsp3) is 0.389. The van der Waals surface area contributed by atoms with Crippen molar-refractivity contribution < 1.29 is 9.59 Å². The lowest BCUT2D eigenvalue weighted by molar-refractivity contribution is -0.122. The first-order valence-electron chi connectivity index (χ1n) is 8.29. The van der Waals surface area contributed by atoms with E-state index in [1.165, 1.54) is 11.8 Å². The molecule has 0 spiro atoms. The third kappa shape index (κ3) is 2.78. The Kier molecular flexibility index (Phi) is 5.06. The molecule has 2 heterocycles. The van der Waals surface area contributed by atoms with Gasteiger partial charge in [-0.1, -0.05) is 62.4 Å². The molecule has 1 fully saturated rings. The highest BCUT2D eigenvalue weighted by molar-refractivity contribution is 8.26. The molecule has 1 aromatic rings. The summed E-state index contributed by atoms with van der Waals surface area (Å²) in [5, 5.41) is 0. The zero-order valence-electron chi connectivity index (χ0n) is 13.9. The van der Waals surface area contributed by atoms with Crippen molar-refractivity contribution in [2.75, 3.05) is 18.0 Å². The molecule has 0 bridgehead atoms.